The summed E-state index contributed by atoms with van der Waals surface area (Å²) >= 11 is 0. The van der Waals surface area contributed by atoms with Crippen molar-refractivity contribution >= 4 is 29.7 Å². The minimum Gasteiger partial charge on any atom is -0.481 e. The summed E-state index contributed by atoms with van der Waals surface area (Å²) in [6, 6.07) is -3.34. The van der Waals surface area contributed by atoms with Crippen LogP contribution in [-0.2, 0) is 24.0 Å². The van der Waals surface area contributed by atoms with Crippen molar-refractivity contribution in [3.05, 3.63) is 0 Å². The molecule has 166 valence electrons. The Bertz CT molecular complexity index is 609. The van der Waals surface area contributed by atoms with Crippen LogP contribution in [0, 0.1) is 11.8 Å². The highest BCUT2D eigenvalue weighted by Crippen LogP contribution is 2.11. The molecule has 4 unspecified atom stereocenters. The lowest BCUT2D eigenvalue weighted by Gasteiger charge is -2.27. The second kappa shape index (κ2) is 12.7. The fourth-order valence-electron chi connectivity index (χ4n) is 2.49. The monoisotopic (exact) mass is 416 g/mol. The molecule has 0 rings (SSSR count). The van der Waals surface area contributed by atoms with Crippen LogP contribution in [-0.4, -0.2) is 64.5 Å². The van der Waals surface area contributed by atoms with Gasteiger partial charge in [-0.25, -0.2) is 0 Å². The average molecular weight is 416 g/mol. The van der Waals surface area contributed by atoms with Crippen LogP contribution in [0.3, 0.4) is 0 Å². The van der Waals surface area contributed by atoms with Crippen LogP contribution in [0.1, 0.15) is 47.0 Å². The molecule has 0 aliphatic carbocycles. The van der Waals surface area contributed by atoms with Gasteiger partial charge in [-0.3, -0.25) is 24.0 Å². The van der Waals surface area contributed by atoms with Crippen molar-refractivity contribution in [1.82, 2.24) is 16.0 Å². The van der Waals surface area contributed by atoms with Crippen LogP contribution in [0.25, 0.3) is 0 Å². The zero-order chi connectivity index (χ0) is 22.7. The molecule has 4 atom stereocenters. The summed E-state index contributed by atoms with van der Waals surface area (Å²) in [6.45, 7) is 6.61. The number of carboxylic acids is 2. The highest BCUT2D eigenvalue weighted by atomic mass is 16.4. The summed E-state index contributed by atoms with van der Waals surface area (Å²) < 4.78 is 0. The summed E-state index contributed by atoms with van der Waals surface area (Å²) in [5, 5.41) is 24.7. The van der Waals surface area contributed by atoms with E-state index in [4.69, 9.17) is 15.9 Å². The summed E-state index contributed by atoms with van der Waals surface area (Å²) in [5.41, 5.74) is 5.54. The molecular formula is C18H32N4O7. The fourth-order valence-corrected chi connectivity index (χ4v) is 2.49. The molecular weight excluding hydrogens is 384 g/mol. The number of amides is 3. The van der Waals surface area contributed by atoms with E-state index in [1.807, 2.05) is 20.8 Å². The molecule has 0 heterocycles. The summed E-state index contributed by atoms with van der Waals surface area (Å²) in [7, 11) is 0. The first-order chi connectivity index (χ1) is 13.4. The largest absolute Gasteiger partial charge is 0.481 e. The number of aliphatic carboxylic acids is 2. The van der Waals surface area contributed by atoms with Crippen molar-refractivity contribution in [2.75, 3.05) is 6.54 Å². The number of carbonyl (C=O) groups is 5. The first kappa shape index (κ1) is 26.3. The molecule has 0 radical (unpaired) electrons. The molecule has 11 nitrogen and oxygen atoms in total. The van der Waals surface area contributed by atoms with Crippen molar-refractivity contribution in [1.29, 1.82) is 0 Å². The number of carboxylic acid groups (broad SMARTS) is 2. The molecule has 0 aromatic carbocycles. The highest BCUT2D eigenvalue weighted by molar-refractivity contribution is 5.94. The standard InChI is InChI=1S/C18H32N4O7/c1-5-10(4)15(18(29)20-8-14(25)26)22-17(28)12(6-9(2)3)21-16(27)11(19)7-13(23)24/h9-12,15H,5-8,19H2,1-4H3,(H,20,29)(H,21,27)(H,22,28)(H,23,24)(H,25,26). The lowest BCUT2D eigenvalue weighted by molar-refractivity contribution is -0.140. The SMILES string of the molecule is CCC(C)C(NC(=O)C(CC(C)C)NC(=O)C(N)CC(=O)O)C(=O)NCC(=O)O. The van der Waals surface area contributed by atoms with Crippen molar-refractivity contribution in [2.45, 2.75) is 65.1 Å². The maximum Gasteiger partial charge on any atom is 0.322 e. The zero-order valence-corrected chi connectivity index (χ0v) is 17.2. The minimum atomic E-state index is -1.32. The number of nitrogens with two attached hydrogens (primary N) is 1. The maximum atomic E-state index is 12.8. The highest BCUT2D eigenvalue weighted by Gasteiger charge is 2.31. The molecule has 3 amide bonds. The van der Waals surface area contributed by atoms with Gasteiger partial charge in [-0.15, -0.1) is 0 Å². The van der Waals surface area contributed by atoms with Gasteiger partial charge in [0, 0.05) is 0 Å². The molecule has 0 spiro atoms. The van der Waals surface area contributed by atoms with E-state index in [0.29, 0.717) is 6.42 Å². The molecule has 0 aromatic rings. The van der Waals surface area contributed by atoms with E-state index in [-0.39, 0.29) is 18.3 Å². The molecule has 29 heavy (non-hydrogen) atoms. The zero-order valence-electron chi connectivity index (χ0n) is 17.2. The second-order valence-corrected chi connectivity index (χ2v) is 7.38. The van der Waals surface area contributed by atoms with E-state index in [1.165, 1.54) is 0 Å². The first-order valence-electron chi connectivity index (χ1n) is 9.46. The Morgan fingerprint density at radius 3 is 1.93 bits per heavy atom. The molecule has 7 N–H and O–H groups in total. The first-order valence-corrected chi connectivity index (χ1v) is 9.46. The van der Waals surface area contributed by atoms with Crippen LogP contribution in [0.5, 0.6) is 0 Å². The average Bonchev–Trinajstić information content (AvgIpc) is 2.61. The van der Waals surface area contributed by atoms with Gasteiger partial charge in [-0.05, 0) is 18.3 Å². The van der Waals surface area contributed by atoms with Crippen molar-refractivity contribution < 1.29 is 34.2 Å². The third-order valence-corrected chi connectivity index (χ3v) is 4.28. The Balaban J connectivity index is 5.31. The predicted molar refractivity (Wildman–Crippen MR) is 104 cm³/mol. The smallest absolute Gasteiger partial charge is 0.322 e. The van der Waals surface area contributed by atoms with Gasteiger partial charge < -0.3 is 31.9 Å². The molecule has 0 aliphatic rings. The summed E-state index contributed by atoms with van der Waals surface area (Å²) in [6.07, 6.45) is 0.187. The van der Waals surface area contributed by atoms with Gasteiger partial charge in [0.05, 0.1) is 12.5 Å². The van der Waals surface area contributed by atoms with Crippen molar-refractivity contribution in [2.24, 2.45) is 17.6 Å². The van der Waals surface area contributed by atoms with E-state index in [0.717, 1.165) is 0 Å². The van der Waals surface area contributed by atoms with Crippen LogP contribution in [0.4, 0.5) is 0 Å². The maximum absolute atomic E-state index is 12.8. The van der Waals surface area contributed by atoms with Gasteiger partial charge in [0.1, 0.15) is 18.6 Å². The lowest BCUT2D eigenvalue weighted by Crippen LogP contribution is -2.57. The van der Waals surface area contributed by atoms with Gasteiger partial charge in [-0.2, -0.15) is 0 Å². The van der Waals surface area contributed by atoms with Gasteiger partial charge in [-0.1, -0.05) is 34.1 Å². The summed E-state index contributed by atoms with van der Waals surface area (Å²) in [4.78, 5) is 58.6. The van der Waals surface area contributed by atoms with Gasteiger partial charge >= 0.3 is 11.9 Å². The molecule has 0 saturated heterocycles. The molecule has 0 saturated carbocycles. The Morgan fingerprint density at radius 2 is 1.48 bits per heavy atom. The lowest BCUT2D eigenvalue weighted by atomic mass is 9.96. The molecule has 0 aliphatic heterocycles. The van der Waals surface area contributed by atoms with Crippen molar-refractivity contribution in [3.8, 4) is 0 Å². The van der Waals surface area contributed by atoms with Gasteiger partial charge in [0.15, 0.2) is 0 Å². The topological polar surface area (TPSA) is 188 Å². The minimum absolute atomic E-state index is 0.00429. The second-order valence-electron chi connectivity index (χ2n) is 7.38. The Labute approximate surface area is 169 Å². The normalized spacial score (nSPS) is 15.0. The fraction of sp³-hybridized carbons (Fsp3) is 0.722. The summed E-state index contributed by atoms with van der Waals surface area (Å²) in [5.74, 6) is -4.82. The number of carbonyl (C=O) groups excluding carboxylic acids is 3. The Kier molecular flexibility index (Phi) is 11.5. The van der Waals surface area contributed by atoms with E-state index in [1.54, 1.807) is 6.92 Å². The quantitative estimate of drug-likeness (QED) is 0.221. The van der Waals surface area contributed by atoms with Gasteiger partial charge in [0.25, 0.3) is 0 Å². The number of rotatable bonds is 13. The van der Waals surface area contributed by atoms with E-state index < -0.39 is 60.8 Å². The van der Waals surface area contributed by atoms with Crippen LogP contribution >= 0.6 is 0 Å². The third kappa shape index (κ3) is 10.4. The third-order valence-electron chi connectivity index (χ3n) is 4.28. The Hall–Kier alpha value is -2.69. The predicted octanol–water partition coefficient (Wildman–Crippen LogP) is -0.949. The molecule has 11 heteroatoms. The number of hydrogen-bond donors (Lipinski definition) is 6. The van der Waals surface area contributed by atoms with Crippen LogP contribution in [0.2, 0.25) is 0 Å². The van der Waals surface area contributed by atoms with E-state index in [2.05, 4.69) is 16.0 Å². The van der Waals surface area contributed by atoms with Gasteiger partial charge in [0.2, 0.25) is 17.7 Å². The van der Waals surface area contributed by atoms with Crippen LogP contribution in [0.15, 0.2) is 0 Å². The molecule has 0 fully saturated rings. The number of hydrogen-bond acceptors (Lipinski definition) is 6. The molecule has 0 aromatic heterocycles. The number of nitrogens with one attached hydrogen (secondary N) is 3. The van der Waals surface area contributed by atoms with E-state index in [9.17, 15) is 24.0 Å². The van der Waals surface area contributed by atoms with E-state index >= 15 is 0 Å². The van der Waals surface area contributed by atoms with Crippen LogP contribution < -0.4 is 21.7 Å². The Morgan fingerprint density at radius 1 is 0.897 bits per heavy atom. The van der Waals surface area contributed by atoms with Crippen molar-refractivity contribution in [3.63, 3.8) is 0 Å². The molecule has 0 bridgehead atoms.